The second-order valence-electron chi connectivity index (χ2n) is 3.88. The van der Waals surface area contributed by atoms with Gasteiger partial charge in [0.05, 0.1) is 12.2 Å². The van der Waals surface area contributed by atoms with E-state index in [1.54, 1.807) is 0 Å². The zero-order valence-corrected chi connectivity index (χ0v) is 11.5. The normalized spacial score (nSPS) is 10.5. The maximum atomic E-state index is 11.8. The lowest BCUT2D eigenvalue weighted by atomic mass is 10.2. The molecule has 6 nitrogen and oxygen atoms in total. The molecule has 0 saturated carbocycles. The third-order valence-corrected chi connectivity index (χ3v) is 2.40. The number of halogens is 3. The maximum absolute atomic E-state index is 11.8. The first-order valence-electron chi connectivity index (χ1n) is 5.83. The summed E-state index contributed by atoms with van der Waals surface area (Å²) in [5.41, 5.74) is 0.129. The molecule has 0 saturated heterocycles. The van der Waals surface area contributed by atoms with Crippen molar-refractivity contribution < 1.29 is 28.2 Å². The topological polar surface area (TPSA) is 87.7 Å². The van der Waals surface area contributed by atoms with E-state index in [9.17, 15) is 18.4 Å². The van der Waals surface area contributed by atoms with Crippen LogP contribution >= 0.6 is 11.6 Å². The number of hydrogen-bond donors (Lipinski definition) is 3. The van der Waals surface area contributed by atoms with E-state index in [0.717, 1.165) is 0 Å². The lowest BCUT2D eigenvalue weighted by Crippen LogP contribution is -2.32. The highest BCUT2D eigenvalue weighted by Crippen LogP contribution is 2.19. The molecular formula is C12H13ClF2N2O4. The number of carbonyl (C=O) groups is 2. The van der Waals surface area contributed by atoms with Crippen molar-refractivity contribution in [2.75, 3.05) is 25.1 Å². The van der Waals surface area contributed by atoms with Crippen molar-refractivity contribution in [2.45, 2.75) is 6.43 Å². The van der Waals surface area contributed by atoms with Crippen LogP contribution in [0.25, 0.3) is 0 Å². The minimum Gasteiger partial charge on any atom is -0.478 e. The van der Waals surface area contributed by atoms with Crippen LogP contribution in [0.5, 0.6) is 0 Å². The lowest BCUT2D eigenvalue weighted by Gasteiger charge is -2.09. The molecule has 0 aliphatic carbocycles. The predicted molar refractivity (Wildman–Crippen MR) is 72.3 cm³/mol. The summed E-state index contributed by atoms with van der Waals surface area (Å²) in [7, 11) is 0. The van der Waals surface area contributed by atoms with E-state index in [2.05, 4.69) is 15.4 Å². The molecule has 0 unspecified atom stereocenters. The van der Waals surface area contributed by atoms with Crippen molar-refractivity contribution in [1.82, 2.24) is 5.32 Å². The van der Waals surface area contributed by atoms with Crippen LogP contribution in [0.15, 0.2) is 18.2 Å². The number of carbonyl (C=O) groups excluding carboxylic acids is 1. The second-order valence-corrected chi connectivity index (χ2v) is 4.32. The van der Waals surface area contributed by atoms with Crippen molar-refractivity contribution in [1.29, 1.82) is 0 Å². The van der Waals surface area contributed by atoms with Crippen molar-refractivity contribution in [3.05, 3.63) is 28.8 Å². The lowest BCUT2D eigenvalue weighted by molar-refractivity contribution is 0.0194. The van der Waals surface area contributed by atoms with Gasteiger partial charge in [-0.05, 0) is 18.2 Å². The number of benzene rings is 1. The Kier molecular flexibility index (Phi) is 6.83. The number of carboxylic acids is 1. The predicted octanol–water partition coefficient (Wildman–Crippen LogP) is 2.44. The smallest absolute Gasteiger partial charge is 0.335 e. The van der Waals surface area contributed by atoms with Crippen molar-refractivity contribution in [3.8, 4) is 0 Å². The monoisotopic (exact) mass is 322 g/mol. The van der Waals surface area contributed by atoms with Gasteiger partial charge < -0.3 is 20.5 Å². The fraction of sp³-hybridized carbons (Fsp3) is 0.333. The summed E-state index contributed by atoms with van der Waals surface area (Å²) in [5, 5.41) is 13.7. The molecule has 3 N–H and O–H groups in total. The molecule has 21 heavy (non-hydrogen) atoms. The van der Waals surface area contributed by atoms with Crippen LogP contribution in [-0.4, -0.2) is 43.3 Å². The summed E-state index contributed by atoms with van der Waals surface area (Å²) in [6.07, 6.45) is -2.56. The average molecular weight is 323 g/mol. The number of rotatable bonds is 7. The Bertz CT molecular complexity index is 514. The molecule has 0 atom stereocenters. The number of carboxylic acid groups (broad SMARTS) is 1. The number of amides is 2. The summed E-state index contributed by atoms with van der Waals surface area (Å²) < 4.78 is 28.1. The van der Waals surface area contributed by atoms with Crippen LogP contribution in [0.2, 0.25) is 5.02 Å². The first kappa shape index (κ1) is 17.1. The molecule has 0 aromatic heterocycles. The number of anilines is 1. The number of nitrogens with one attached hydrogen (secondary N) is 2. The summed E-state index contributed by atoms with van der Waals surface area (Å²) in [5.74, 6) is -1.18. The number of urea groups is 1. The van der Waals surface area contributed by atoms with Crippen LogP contribution in [-0.2, 0) is 4.74 Å². The Morgan fingerprint density at radius 2 is 2.05 bits per heavy atom. The van der Waals surface area contributed by atoms with Gasteiger partial charge in [0.2, 0.25) is 0 Å². The zero-order chi connectivity index (χ0) is 15.8. The summed E-state index contributed by atoms with van der Waals surface area (Å²) >= 11 is 5.73. The van der Waals surface area contributed by atoms with Crippen LogP contribution in [0, 0.1) is 0 Å². The molecule has 9 heteroatoms. The van der Waals surface area contributed by atoms with Gasteiger partial charge in [-0.2, -0.15) is 0 Å². The molecule has 0 radical (unpaired) electrons. The van der Waals surface area contributed by atoms with E-state index in [-0.39, 0.29) is 29.4 Å². The fourth-order valence-electron chi connectivity index (χ4n) is 1.37. The van der Waals surface area contributed by atoms with E-state index in [4.69, 9.17) is 16.7 Å². The Labute approximate surface area is 124 Å². The first-order valence-corrected chi connectivity index (χ1v) is 6.21. The highest BCUT2D eigenvalue weighted by atomic mass is 35.5. The minimum absolute atomic E-state index is 0.0326. The van der Waals surface area contributed by atoms with Crippen molar-refractivity contribution in [3.63, 3.8) is 0 Å². The standard InChI is InChI=1S/C12H13ClF2N2O4/c13-8-3-7(11(18)19)4-9(5-8)17-12(20)16-1-2-21-6-10(14)15/h3-5,10H,1-2,6H2,(H,18,19)(H2,16,17,20). The van der Waals surface area contributed by atoms with Crippen LogP contribution in [0.4, 0.5) is 19.3 Å². The molecule has 0 spiro atoms. The molecule has 1 aromatic rings. The van der Waals surface area contributed by atoms with E-state index in [0.29, 0.717) is 0 Å². The largest absolute Gasteiger partial charge is 0.478 e. The molecular weight excluding hydrogens is 310 g/mol. The number of alkyl halides is 2. The van der Waals surface area contributed by atoms with E-state index in [1.165, 1.54) is 18.2 Å². The second kappa shape index (κ2) is 8.38. The van der Waals surface area contributed by atoms with Gasteiger partial charge in [0, 0.05) is 17.3 Å². The summed E-state index contributed by atoms with van der Waals surface area (Å²) in [6, 6.07) is 3.22. The molecule has 0 aliphatic heterocycles. The molecule has 2 amide bonds. The molecule has 1 aromatic carbocycles. The summed E-state index contributed by atoms with van der Waals surface area (Å²) in [4.78, 5) is 22.3. The average Bonchev–Trinajstić information content (AvgIpc) is 2.37. The molecule has 1 rings (SSSR count). The molecule has 116 valence electrons. The van der Waals surface area contributed by atoms with Crippen molar-refractivity contribution >= 4 is 29.3 Å². The summed E-state index contributed by atoms with van der Waals surface area (Å²) in [6.45, 7) is -0.724. The minimum atomic E-state index is -2.56. The highest BCUT2D eigenvalue weighted by Gasteiger charge is 2.08. The number of aromatic carboxylic acids is 1. The van der Waals surface area contributed by atoms with Crippen LogP contribution in [0.3, 0.4) is 0 Å². The molecule has 0 bridgehead atoms. The quantitative estimate of drug-likeness (QED) is 0.673. The third kappa shape index (κ3) is 6.87. The number of hydrogen-bond acceptors (Lipinski definition) is 3. The number of ether oxygens (including phenoxy) is 1. The van der Waals surface area contributed by atoms with E-state index < -0.39 is 25.0 Å². The SMILES string of the molecule is O=C(NCCOCC(F)F)Nc1cc(Cl)cc(C(=O)O)c1. The Morgan fingerprint density at radius 1 is 1.33 bits per heavy atom. The van der Waals surface area contributed by atoms with Crippen molar-refractivity contribution in [2.24, 2.45) is 0 Å². The van der Waals surface area contributed by atoms with Gasteiger partial charge in [-0.3, -0.25) is 0 Å². The first-order chi connectivity index (χ1) is 9.88. The zero-order valence-electron chi connectivity index (χ0n) is 10.7. The fourth-order valence-corrected chi connectivity index (χ4v) is 1.60. The van der Waals surface area contributed by atoms with Crippen LogP contribution < -0.4 is 10.6 Å². The highest BCUT2D eigenvalue weighted by molar-refractivity contribution is 6.31. The van der Waals surface area contributed by atoms with Gasteiger partial charge in [-0.25, -0.2) is 18.4 Å². The van der Waals surface area contributed by atoms with E-state index >= 15 is 0 Å². The van der Waals surface area contributed by atoms with Gasteiger partial charge in [-0.1, -0.05) is 11.6 Å². The van der Waals surface area contributed by atoms with Gasteiger partial charge in [0.25, 0.3) is 6.43 Å². The molecule has 0 fully saturated rings. The van der Waals surface area contributed by atoms with Crippen LogP contribution in [0.1, 0.15) is 10.4 Å². The molecule has 0 heterocycles. The third-order valence-electron chi connectivity index (χ3n) is 2.18. The van der Waals surface area contributed by atoms with Gasteiger partial charge in [0.15, 0.2) is 0 Å². The van der Waals surface area contributed by atoms with Gasteiger partial charge >= 0.3 is 12.0 Å². The van der Waals surface area contributed by atoms with E-state index in [1.807, 2.05) is 0 Å². The van der Waals surface area contributed by atoms with Gasteiger partial charge in [0.1, 0.15) is 6.61 Å². The van der Waals surface area contributed by atoms with Gasteiger partial charge in [-0.15, -0.1) is 0 Å². The Morgan fingerprint density at radius 3 is 2.67 bits per heavy atom. The molecule has 0 aliphatic rings. The Hall–Kier alpha value is -1.93. The Balaban J connectivity index is 2.42. The maximum Gasteiger partial charge on any atom is 0.335 e.